The smallest absolute Gasteiger partial charge is 0.308 e. The summed E-state index contributed by atoms with van der Waals surface area (Å²) in [6.45, 7) is 3.80. The van der Waals surface area contributed by atoms with E-state index in [1.54, 1.807) is 24.3 Å². The van der Waals surface area contributed by atoms with Gasteiger partial charge in [0.25, 0.3) is 0 Å². The maximum absolute atomic E-state index is 13.5. The molecule has 0 aliphatic heterocycles. The Hall–Kier alpha value is -2.36. The molecular weight excluding hydrogens is 243 g/mol. The van der Waals surface area contributed by atoms with Crippen molar-refractivity contribution in [2.24, 2.45) is 0 Å². The zero-order valence-corrected chi connectivity index (χ0v) is 10.8. The molecule has 0 unspecified atom stereocenters. The molecule has 2 rings (SSSR count). The number of hydrogen-bond acceptors (Lipinski definition) is 1. The highest BCUT2D eigenvalue weighted by Gasteiger charge is 2.07. The Morgan fingerprint density at radius 1 is 0.947 bits per heavy atom. The molecule has 0 aliphatic carbocycles. The van der Waals surface area contributed by atoms with E-state index in [0.717, 1.165) is 11.1 Å². The molecule has 2 aromatic rings. The molecule has 19 heavy (non-hydrogen) atoms. The largest absolute Gasteiger partial charge is 0.323 e. The maximum atomic E-state index is 13.5. The molecule has 0 atom stereocenters. The van der Waals surface area contributed by atoms with Gasteiger partial charge in [-0.05, 0) is 43.7 Å². The second kappa shape index (κ2) is 5.52. The monoisotopic (exact) mass is 258 g/mol. The Balaban J connectivity index is 2.05. The lowest BCUT2D eigenvalue weighted by atomic mass is 10.2. The summed E-state index contributed by atoms with van der Waals surface area (Å²) in [6.07, 6.45) is 0. The highest BCUT2D eigenvalue weighted by atomic mass is 19.1. The third kappa shape index (κ3) is 3.55. The predicted octanol–water partition coefficient (Wildman–Crippen LogP) is 4.09. The van der Waals surface area contributed by atoms with E-state index in [0.29, 0.717) is 5.69 Å². The number of aryl methyl sites for hydroxylation is 2. The minimum atomic E-state index is -0.464. The summed E-state index contributed by atoms with van der Waals surface area (Å²) >= 11 is 0. The van der Waals surface area contributed by atoms with Gasteiger partial charge in [0, 0.05) is 5.69 Å². The summed E-state index contributed by atoms with van der Waals surface area (Å²) in [5, 5.41) is 5.14. The van der Waals surface area contributed by atoms with Gasteiger partial charge in [0.15, 0.2) is 0 Å². The summed E-state index contributed by atoms with van der Waals surface area (Å²) in [6, 6.07) is 11.5. The van der Waals surface area contributed by atoms with Gasteiger partial charge in [-0.1, -0.05) is 23.8 Å². The third-order valence-corrected chi connectivity index (χ3v) is 2.68. The molecule has 0 spiro atoms. The van der Waals surface area contributed by atoms with Crippen LogP contribution in [0.3, 0.4) is 0 Å². The summed E-state index contributed by atoms with van der Waals surface area (Å²) < 4.78 is 13.5. The van der Waals surface area contributed by atoms with E-state index in [4.69, 9.17) is 0 Å². The van der Waals surface area contributed by atoms with E-state index in [1.807, 2.05) is 26.0 Å². The van der Waals surface area contributed by atoms with Crippen LogP contribution in [0, 0.1) is 19.7 Å². The molecule has 0 saturated carbocycles. The number of halogens is 1. The molecule has 0 radical (unpaired) electrons. The number of anilines is 2. The number of carbonyl (C=O) groups excluding carboxylic acids is 1. The summed E-state index contributed by atoms with van der Waals surface area (Å²) in [7, 11) is 0. The van der Waals surface area contributed by atoms with E-state index in [9.17, 15) is 9.18 Å². The predicted molar refractivity (Wildman–Crippen MR) is 75.0 cm³/mol. The number of nitrogens with one attached hydrogen (secondary N) is 2. The second-order valence-electron chi connectivity index (χ2n) is 4.43. The summed E-state index contributed by atoms with van der Waals surface area (Å²) in [5.74, 6) is -0.454. The highest BCUT2D eigenvalue weighted by molar-refractivity contribution is 5.99. The van der Waals surface area contributed by atoms with Gasteiger partial charge in [-0.15, -0.1) is 0 Å². The number of rotatable bonds is 2. The molecule has 3 nitrogen and oxygen atoms in total. The van der Waals surface area contributed by atoms with Crippen molar-refractivity contribution in [3.8, 4) is 0 Å². The van der Waals surface area contributed by atoms with Crippen LogP contribution in [0.2, 0.25) is 0 Å². The zero-order valence-electron chi connectivity index (χ0n) is 10.8. The van der Waals surface area contributed by atoms with Gasteiger partial charge in [-0.2, -0.15) is 0 Å². The topological polar surface area (TPSA) is 41.1 Å². The molecule has 2 N–H and O–H groups in total. The minimum absolute atomic E-state index is 0.171. The van der Waals surface area contributed by atoms with Crippen molar-refractivity contribution >= 4 is 17.4 Å². The fourth-order valence-corrected chi connectivity index (χ4v) is 1.66. The van der Waals surface area contributed by atoms with E-state index < -0.39 is 11.8 Å². The first-order valence-corrected chi connectivity index (χ1v) is 5.95. The van der Waals surface area contributed by atoms with E-state index >= 15 is 0 Å². The first-order chi connectivity index (χ1) is 9.04. The molecule has 0 bridgehead atoms. The Labute approximate surface area is 111 Å². The van der Waals surface area contributed by atoms with Crippen molar-refractivity contribution in [3.05, 3.63) is 59.4 Å². The average molecular weight is 258 g/mol. The zero-order chi connectivity index (χ0) is 13.8. The minimum Gasteiger partial charge on any atom is -0.308 e. The first-order valence-electron chi connectivity index (χ1n) is 5.95. The Morgan fingerprint density at radius 3 is 2.26 bits per heavy atom. The molecular formula is C15H15FN2O. The van der Waals surface area contributed by atoms with Crippen LogP contribution in [-0.2, 0) is 0 Å². The van der Waals surface area contributed by atoms with E-state index in [1.165, 1.54) is 6.07 Å². The lowest BCUT2D eigenvalue weighted by molar-refractivity contribution is 0.262. The van der Waals surface area contributed by atoms with Crippen molar-refractivity contribution < 1.29 is 9.18 Å². The van der Waals surface area contributed by atoms with Gasteiger partial charge in [0.2, 0.25) is 0 Å². The van der Waals surface area contributed by atoms with Crippen molar-refractivity contribution in [1.82, 2.24) is 0 Å². The van der Waals surface area contributed by atoms with Crippen molar-refractivity contribution in [2.45, 2.75) is 13.8 Å². The average Bonchev–Trinajstić information content (AvgIpc) is 2.37. The van der Waals surface area contributed by atoms with E-state index in [2.05, 4.69) is 10.6 Å². The molecule has 98 valence electrons. The van der Waals surface area contributed by atoms with E-state index in [-0.39, 0.29) is 5.69 Å². The molecule has 0 heterocycles. The molecule has 0 aromatic heterocycles. The van der Waals surface area contributed by atoms with Gasteiger partial charge in [-0.3, -0.25) is 0 Å². The number of benzene rings is 2. The van der Waals surface area contributed by atoms with Crippen LogP contribution in [0.5, 0.6) is 0 Å². The van der Waals surface area contributed by atoms with Crippen molar-refractivity contribution in [2.75, 3.05) is 10.6 Å². The molecule has 0 saturated heterocycles. The Kier molecular flexibility index (Phi) is 3.80. The van der Waals surface area contributed by atoms with Gasteiger partial charge in [-0.25, -0.2) is 9.18 Å². The lowest BCUT2D eigenvalue weighted by Crippen LogP contribution is -2.20. The van der Waals surface area contributed by atoms with Gasteiger partial charge in [0.05, 0.1) is 5.69 Å². The quantitative estimate of drug-likeness (QED) is 0.837. The fourth-order valence-electron chi connectivity index (χ4n) is 1.66. The van der Waals surface area contributed by atoms with Crippen LogP contribution in [-0.4, -0.2) is 6.03 Å². The lowest BCUT2D eigenvalue weighted by Gasteiger charge is -2.09. The summed E-state index contributed by atoms with van der Waals surface area (Å²) in [4.78, 5) is 11.7. The third-order valence-electron chi connectivity index (χ3n) is 2.68. The SMILES string of the molecule is Cc1ccc(NC(=O)Nc2cc(C)ccc2F)cc1. The summed E-state index contributed by atoms with van der Waals surface area (Å²) in [5.41, 5.74) is 2.82. The highest BCUT2D eigenvalue weighted by Crippen LogP contribution is 2.16. The van der Waals surface area contributed by atoms with Crippen LogP contribution in [0.1, 0.15) is 11.1 Å². The molecule has 2 amide bonds. The fraction of sp³-hybridized carbons (Fsp3) is 0.133. The van der Waals surface area contributed by atoms with Crippen LogP contribution < -0.4 is 10.6 Å². The van der Waals surface area contributed by atoms with Crippen LogP contribution in [0.4, 0.5) is 20.6 Å². The second-order valence-corrected chi connectivity index (χ2v) is 4.43. The molecule has 4 heteroatoms. The van der Waals surface area contributed by atoms with Crippen molar-refractivity contribution in [3.63, 3.8) is 0 Å². The normalized spacial score (nSPS) is 10.1. The number of amides is 2. The van der Waals surface area contributed by atoms with Crippen LogP contribution in [0.25, 0.3) is 0 Å². The van der Waals surface area contributed by atoms with Crippen molar-refractivity contribution in [1.29, 1.82) is 0 Å². The first kappa shape index (κ1) is 13.1. The maximum Gasteiger partial charge on any atom is 0.323 e. The molecule has 0 aliphatic rings. The molecule has 0 fully saturated rings. The van der Waals surface area contributed by atoms with Gasteiger partial charge < -0.3 is 10.6 Å². The van der Waals surface area contributed by atoms with Crippen LogP contribution in [0.15, 0.2) is 42.5 Å². The van der Waals surface area contributed by atoms with Gasteiger partial charge >= 0.3 is 6.03 Å². The number of hydrogen-bond donors (Lipinski definition) is 2. The standard InChI is InChI=1S/C15H15FN2O/c1-10-3-6-12(7-4-10)17-15(19)18-14-9-11(2)5-8-13(14)16/h3-9H,1-2H3,(H2,17,18,19). The Morgan fingerprint density at radius 2 is 1.58 bits per heavy atom. The van der Waals surface area contributed by atoms with Gasteiger partial charge in [0.1, 0.15) is 5.82 Å². The Bertz CT molecular complexity index is 594. The number of urea groups is 1. The van der Waals surface area contributed by atoms with Crippen LogP contribution >= 0.6 is 0 Å². The number of carbonyl (C=O) groups is 1. The molecule has 2 aromatic carbocycles.